The number of nitrogens with one attached hydrogen (secondary N) is 1. The van der Waals surface area contributed by atoms with Crippen molar-refractivity contribution >= 4 is 33.6 Å². The minimum Gasteiger partial charge on any atom is -0.311 e. The summed E-state index contributed by atoms with van der Waals surface area (Å²) in [6.45, 7) is 0. The van der Waals surface area contributed by atoms with E-state index in [0.717, 1.165) is 31.2 Å². The highest BCUT2D eigenvalue weighted by atomic mass is 32.1. The van der Waals surface area contributed by atoms with Gasteiger partial charge in [0.2, 0.25) is 0 Å². The summed E-state index contributed by atoms with van der Waals surface area (Å²) < 4.78 is 0. The number of rotatable bonds is 2. The van der Waals surface area contributed by atoms with Gasteiger partial charge >= 0.3 is 0 Å². The average Bonchev–Trinajstić information content (AvgIpc) is 3.05. The molecule has 3 rings (SSSR count). The molecule has 2 aromatic rings. The molecule has 0 aromatic carbocycles. The summed E-state index contributed by atoms with van der Waals surface area (Å²) in [5.41, 5.74) is 3.80. The van der Waals surface area contributed by atoms with E-state index in [4.69, 9.17) is 0 Å². The van der Waals surface area contributed by atoms with E-state index in [1.54, 1.807) is 10.9 Å². The van der Waals surface area contributed by atoms with Crippen LogP contribution < -0.4 is 5.32 Å². The fourth-order valence-electron chi connectivity index (χ4n) is 2.26. The number of carbonyl (C=O) groups is 1. The Bertz CT molecular complexity index is 652. The van der Waals surface area contributed by atoms with E-state index in [1.165, 1.54) is 27.6 Å². The van der Waals surface area contributed by atoms with E-state index < -0.39 is 0 Å². The van der Waals surface area contributed by atoms with Gasteiger partial charge in [0.25, 0.3) is 5.91 Å². The van der Waals surface area contributed by atoms with Gasteiger partial charge in [0, 0.05) is 10.3 Å². The molecule has 1 N–H and O–H groups in total. The summed E-state index contributed by atoms with van der Waals surface area (Å²) in [6.07, 6.45) is 4.25. The Labute approximate surface area is 118 Å². The highest BCUT2D eigenvalue weighted by Gasteiger charge is 2.22. The number of fused-ring (bicyclic) bond motifs is 1. The summed E-state index contributed by atoms with van der Waals surface area (Å²) in [7, 11) is 0. The van der Waals surface area contributed by atoms with Crippen molar-refractivity contribution in [2.45, 2.75) is 25.7 Å². The van der Waals surface area contributed by atoms with Crippen LogP contribution in [0.3, 0.4) is 0 Å². The lowest BCUT2D eigenvalue weighted by atomic mass is 9.96. The topological polar surface area (TPSA) is 65.8 Å². The number of nitriles is 1. The van der Waals surface area contributed by atoms with Crippen LogP contribution in [0.25, 0.3) is 0 Å². The van der Waals surface area contributed by atoms with Crippen LogP contribution in [0.2, 0.25) is 0 Å². The molecule has 1 aliphatic carbocycles. The average molecular weight is 289 g/mol. The largest absolute Gasteiger partial charge is 0.311 e. The third-order valence-electron chi connectivity index (χ3n) is 3.18. The van der Waals surface area contributed by atoms with Gasteiger partial charge in [0.15, 0.2) is 0 Å². The molecule has 6 heteroatoms. The van der Waals surface area contributed by atoms with Crippen LogP contribution in [0, 0.1) is 11.3 Å². The van der Waals surface area contributed by atoms with E-state index in [-0.39, 0.29) is 5.91 Å². The van der Waals surface area contributed by atoms with Gasteiger partial charge in [-0.1, -0.05) is 0 Å². The maximum Gasteiger partial charge on any atom is 0.275 e. The Kier molecular flexibility index (Phi) is 3.32. The molecule has 0 aliphatic heterocycles. The molecule has 0 unspecified atom stereocenters. The third kappa shape index (κ3) is 2.27. The number of hydrogen-bond donors (Lipinski definition) is 1. The van der Waals surface area contributed by atoms with Crippen LogP contribution in [0.15, 0.2) is 10.9 Å². The van der Waals surface area contributed by atoms with Gasteiger partial charge in [-0.2, -0.15) is 5.26 Å². The molecule has 0 atom stereocenters. The van der Waals surface area contributed by atoms with Gasteiger partial charge < -0.3 is 5.32 Å². The molecule has 0 radical (unpaired) electrons. The lowest BCUT2D eigenvalue weighted by Crippen LogP contribution is -2.12. The van der Waals surface area contributed by atoms with Crippen molar-refractivity contribution in [1.82, 2.24) is 4.98 Å². The lowest BCUT2D eigenvalue weighted by Gasteiger charge is -2.09. The van der Waals surface area contributed by atoms with Crippen LogP contribution in [0.5, 0.6) is 0 Å². The SMILES string of the molecule is N#Cc1c(NC(=O)c2cscn2)sc2c1CCCC2. The second-order valence-corrected chi connectivity index (χ2v) is 6.18. The Hall–Kier alpha value is -1.71. The Morgan fingerprint density at radius 1 is 1.42 bits per heavy atom. The number of thiophene rings is 1. The van der Waals surface area contributed by atoms with E-state index in [0.29, 0.717) is 16.3 Å². The molecule has 0 fully saturated rings. The number of nitrogens with zero attached hydrogens (tertiary/aromatic N) is 2. The molecule has 2 aromatic heterocycles. The van der Waals surface area contributed by atoms with Crippen molar-refractivity contribution in [2.24, 2.45) is 0 Å². The molecule has 0 spiro atoms. The minimum absolute atomic E-state index is 0.239. The van der Waals surface area contributed by atoms with Gasteiger partial charge in [-0.25, -0.2) is 4.98 Å². The number of anilines is 1. The highest BCUT2D eigenvalue weighted by molar-refractivity contribution is 7.16. The molecule has 0 bridgehead atoms. The predicted octanol–water partition coefficient (Wildman–Crippen LogP) is 3.21. The third-order valence-corrected chi connectivity index (χ3v) is 4.97. The monoisotopic (exact) mass is 289 g/mol. The maximum atomic E-state index is 12.0. The molecule has 2 heterocycles. The zero-order chi connectivity index (χ0) is 13.2. The van der Waals surface area contributed by atoms with Crippen molar-refractivity contribution in [3.63, 3.8) is 0 Å². The van der Waals surface area contributed by atoms with Crippen molar-refractivity contribution in [3.8, 4) is 6.07 Å². The van der Waals surface area contributed by atoms with Crippen LogP contribution in [0.1, 0.15) is 39.3 Å². The fourth-order valence-corrected chi connectivity index (χ4v) is 4.03. The fraction of sp³-hybridized carbons (Fsp3) is 0.308. The molecular weight excluding hydrogens is 278 g/mol. The standard InChI is InChI=1S/C13H11N3OS2/c14-5-9-8-3-1-2-4-11(8)19-13(9)16-12(17)10-6-18-7-15-10/h6-7H,1-4H2,(H,16,17). The van der Waals surface area contributed by atoms with Crippen molar-refractivity contribution < 1.29 is 4.79 Å². The first-order valence-corrected chi connectivity index (χ1v) is 7.79. The predicted molar refractivity (Wildman–Crippen MR) is 75.7 cm³/mol. The molecule has 1 aliphatic rings. The number of hydrogen-bond acceptors (Lipinski definition) is 5. The Morgan fingerprint density at radius 3 is 3.00 bits per heavy atom. The number of aryl methyl sites for hydroxylation is 1. The second kappa shape index (κ2) is 5.11. The molecular formula is C13H11N3OS2. The quantitative estimate of drug-likeness (QED) is 0.923. The Morgan fingerprint density at radius 2 is 2.26 bits per heavy atom. The minimum atomic E-state index is -0.239. The first kappa shape index (κ1) is 12.3. The van der Waals surface area contributed by atoms with E-state index >= 15 is 0 Å². The number of amides is 1. The lowest BCUT2D eigenvalue weighted by molar-refractivity contribution is 0.102. The van der Waals surface area contributed by atoms with E-state index in [9.17, 15) is 10.1 Å². The first-order chi connectivity index (χ1) is 9.29. The van der Waals surface area contributed by atoms with E-state index in [2.05, 4.69) is 16.4 Å². The summed E-state index contributed by atoms with van der Waals surface area (Å²) in [4.78, 5) is 17.2. The number of aromatic nitrogens is 1. The first-order valence-electron chi connectivity index (χ1n) is 6.03. The van der Waals surface area contributed by atoms with Gasteiger partial charge in [-0.15, -0.1) is 22.7 Å². The number of thiazole rings is 1. The van der Waals surface area contributed by atoms with Crippen LogP contribution in [-0.4, -0.2) is 10.9 Å². The summed E-state index contributed by atoms with van der Waals surface area (Å²) >= 11 is 2.92. The van der Waals surface area contributed by atoms with Crippen LogP contribution >= 0.6 is 22.7 Å². The maximum absolute atomic E-state index is 12.0. The molecule has 19 heavy (non-hydrogen) atoms. The zero-order valence-corrected chi connectivity index (χ0v) is 11.7. The second-order valence-electron chi connectivity index (χ2n) is 4.35. The smallest absolute Gasteiger partial charge is 0.275 e. The molecule has 0 saturated carbocycles. The molecule has 96 valence electrons. The zero-order valence-electron chi connectivity index (χ0n) is 10.1. The summed E-state index contributed by atoms with van der Waals surface area (Å²) in [5.74, 6) is -0.239. The number of carbonyl (C=O) groups excluding carboxylic acids is 1. The molecule has 4 nitrogen and oxygen atoms in total. The van der Waals surface area contributed by atoms with Crippen molar-refractivity contribution in [2.75, 3.05) is 5.32 Å². The van der Waals surface area contributed by atoms with Gasteiger partial charge in [-0.05, 0) is 31.2 Å². The molecule has 0 saturated heterocycles. The van der Waals surface area contributed by atoms with Gasteiger partial charge in [-0.3, -0.25) is 4.79 Å². The highest BCUT2D eigenvalue weighted by Crippen LogP contribution is 2.37. The van der Waals surface area contributed by atoms with Crippen molar-refractivity contribution in [3.05, 3.63) is 32.6 Å². The van der Waals surface area contributed by atoms with E-state index in [1.807, 2.05) is 0 Å². The summed E-state index contributed by atoms with van der Waals surface area (Å²) in [6, 6.07) is 2.23. The van der Waals surface area contributed by atoms with Crippen LogP contribution in [-0.2, 0) is 12.8 Å². The molecule has 1 amide bonds. The van der Waals surface area contributed by atoms with Gasteiger partial charge in [0.05, 0.1) is 11.1 Å². The van der Waals surface area contributed by atoms with Crippen molar-refractivity contribution in [1.29, 1.82) is 5.26 Å². The van der Waals surface area contributed by atoms with Gasteiger partial charge in [0.1, 0.15) is 16.8 Å². The summed E-state index contributed by atoms with van der Waals surface area (Å²) in [5, 5.41) is 14.5. The Balaban J connectivity index is 1.91. The normalized spacial score (nSPS) is 13.6. The van der Waals surface area contributed by atoms with Crippen LogP contribution in [0.4, 0.5) is 5.00 Å².